The van der Waals surface area contributed by atoms with E-state index < -0.39 is 0 Å². The summed E-state index contributed by atoms with van der Waals surface area (Å²) in [7, 11) is 1.85. The Morgan fingerprint density at radius 1 is 1.43 bits per heavy atom. The van der Waals surface area contributed by atoms with E-state index in [1.165, 1.54) is 18.4 Å². The van der Waals surface area contributed by atoms with Crippen LogP contribution in [0.3, 0.4) is 0 Å². The minimum Gasteiger partial charge on any atom is -0.376 e. The highest BCUT2D eigenvalue weighted by atomic mass is 16.5. The lowest BCUT2D eigenvalue weighted by Gasteiger charge is -2.31. The molecule has 0 aliphatic carbocycles. The second-order valence-electron chi connectivity index (χ2n) is 5.96. The molecule has 1 fully saturated rings. The summed E-state index contributed by atoms with van der Waals surface area (Å²) in [6, 6.07) is 6.62. The highest BCUT2D eigenvalue weighted by Gasteiger charge is 2.28. The summed E-state index contributed by atoms with van der Waals surface area (Å²) in [6.45, 7) is 3.90. The first-order chi connectivity index (χ1) is 10.2. The van der Waals surface area contributed by atoms with Crippen molar-refractivity contribution in [2.24, 2.45) is 0 Å². The number of rotatable bonds is 4. The fourth-order valence-electron chi connectivity index (χ4n) is 3.40. The number of benzene rings is 1. The SMILES string of the molecule is CCNC(c1ccc2c(c1)CC(=O)N2C)C1CCCCO1. The molecule has 1 amide bonds. The molecule has 2 atom stereocenters. The fraction of sp³-hybridized carbons (Fsp3) is 0.588. The highest BCUT2D eigenvalue weighted by molar-refractivity contribution is 6.00. The number of anilines is 1. The van der Waals surface area contributed by atoms with Crippen LogP contribution in [0, 0.1) is 0 Å². The minimum absolute atomic E-state index is 0.177. The van der Waals surface area contributed by atoms with Gasteiger partial charge in [-0.15, -0.1) is 0 Å². The second kappa shape index (κ2) is 6.16. The van der Waals surface area contributed by atoms with Gasteiger partial charge in [-0.05, 0) is 43.0 Å². The van der Waals surface area contributed by atoms with Gasteiger partial charge in [0.05, 0.1) is 18.6 Å². The summed E-state index contributed by atoms with van der Waals surface area (Å²) in [5.41, 5.74) is 3.42. The fourth-order valence-corrected chi connectivity index (χ4v) is 3.40. The van der Waals surface area contributed by atoms with Crippen molar-refractivity contribution in [3.05, 3.63) is 29.3 Å². The summed E-state index contributed by atoms with van der Waals surface area (Å²) in [4.78, 5) is 13.6. The first-order valence-electron chi connectivity index (χ1n) is 7.95. The van der Waals surface area contributed by atoms with Gasteiger partial charge in [-0.2, -0.15) is 0 Å². The van der Waals surface area contributed by atoms with E-state index in [1.54, 1.807) is 4.90 Å². The smallest absolute Gasteiger partial charge is 0.231 e. The van der Waals surface area contributed by atoms with Crippen LogP contribution in [0.2, 0.25) is 0 Å². The molecule has 0 aromatic heterocycles. The lowest BCUT2D eigenvalue weighted by atomic mass is 9.94. The molecule has 2 aliphatic rings. The van der Waals surface area contributed by atoms with Crippen LogP contribution in [0.1, 0.15) is 43.4 Å². The Balaban J connectivity index is 1.86. The van der Waals surface area contributed by atoms with Crippen molar-refractivity contribution < 1.29 is 9.53 Å². The van der Waals surface area contributed by atoms with Gasteiger partial charge < -0.3 is 15.0 Å². The molecule has 0 saturated carbocycles. The molecule has 0 bridgehead atoms. The van der Waals surface area contributed by atoms with Crippen molar-refractivity contribution in [2.45, 2.75) is 44.8 Å². The average molecular weight is 288 g/mol. The van der Waals surface area contributed by atoms with Crippen LogP contribution in [-0.4, -0.2) is 32.2 Å². The first-order valence-corrected chi connectivity index (χ1v) is 7.95. The number of carbonyl (C=O) groups is 1. The van der Waals surface area contributed by atoms with Crippen LogP contribution in [0.15, 0.2) is 18.2 Å². The molecule has 1 saturated heterocycles. The Kier molecular flexibility index (Phi) is 4.27. The van der Waals surface area contributed by atoms with Gasteiger partial charge in [-0.3, -0.25) is 4.79 Å². The lowest BCUT2D eigenvalue weighted by molar-refractivity contribution is -0.117. The third kappa shape index (κ3) is 2.83. The number of hydrogen-bond acceptors (Lipinski definition) is 3. The molecule has 2 heterocycles. The Morgan fingerprint density at radius 3 is 3.00 bits per heavy atom. The van der Waals surface area contributed by atoms with Crippen molar-refractivity contribution in [2.75, 3.05) is 25.1 Å². The van der Waals surface area contributed by atoms with Crippen LogP contribution >= 0.6 is 0 Å². The second-order valence-corrected chi connectivity index (χ2v) is 5.96. The van der Waals surface area contributed by atoms with Crippen LogP contribution in [0.5, 0.6) is 0 Å². The van der Waals surface area contributed by atoms with Gasteiger partial charge in [0.15, 0.2) is 0 Å². The number of fused-ring (bicyclic) bond motifs is 1. The third-order valence-corrected chi connectivity index (χ3v) is 4.55. The van der Waals surface area contributed by atoms with Gasteiger partial charge in [0.1, 0.15) is 0 Å². The number of nitrogens with zero attached hydrogens (tertiary/aromatic N) is 1. The molecule has 0 radical (unpaired) electrons. The van der Waals surface area contributed by atoms with Crippen LogP contribution in [0.25, 0.3) is 0 Å². The van der Waals surface area contributed by atoms with Crippen LogP contribution < -0.4 is 10.2 Å². The van der Waals surface area contributed by atoms with Crippen molar-refractivity contribution in [3.8, 4) is 0 Å². The summed E-state index contributed by atoms with van der Waals surface area (Å²) in [6.07, 6.45) is 4.27. The molecule has 21 heavy (non-hydrogen) atoms. The normalized spacial score (nSPS) is 23.2. The number of hydrogen-bond donors (Lipinski definition) is 1. The maximum Gasteiger partial charge on any atom is 0.231 e. The molecular formula is C17H24N2O2. The van der Waals surface area contributed by atoms with Gasteiger partial charge in [0, 0.05) is 19.3 Å². The molecule has 0 spiro atoms. The predicted octanol–water partition coefficient (Wildman–Crippen LogP) is 2.43. The van der Waals surface area contributed by atoms with Crippen molar-refractivity contribution in [3.63, 3.8) is 0 Å². The average Bonchev–Trinajstić information content (AvgIpc) is 2.80. The number of amides is 1. The van der Waals surface area contributed by atoms with Crippen LogP contribution in [0.4, 0.5) is 5.69 Å². The molecule has 4 nitrogen and oxygen atoms in total. The van der Waals surface area contributed by atoms with Gasteiger partial charge in [0.2, 0.25) is 5.91 Å². The van der Waals surface area contributed by atoms with E-state index >= 15 is 0 Å². The minimum atomic E-state index is 0.177. The Hall–Kier alpha value is -1.39. The molecule has 2 aliphatic heterocycles. The maximum atomic E-state index is 11.8. The highest BCUT2D eigenvalue weighted by Crippen LogP contribution is 2.33. The van der Waals surface area contributed by atoms with Gasteiger partial charge in [-0.25, -0.2) is 0 Å². The molecular weight excluding hydrogens is 264 g/mol. The predicted molar refractivity (Wildman–Crippen MR) is 83.6 cm³/mol. The third-order valence-electron chi connectivity index (χ3n) is 4.55. The number of carbonyl (C=O) groups excluding carboxylic acids is 1. The first kappa shape index (κ1) is 14.5. The zero-order valence-electron chi connectivity index (χ0n) is 12.9. The standard InChI is InChI=1S/C17H24N2O2/c1-3-18-17(15-6-4-5-9-21-15)12-7-8-14-13(10-12)11-16(20)19(14)2/h7-8,10,15,17-18H,3-6,9,11H2,1-2H3. The number of ether oxygens (including phenoxy) is 1. The van der Waals surface area contributed by atoms with E-state index in [-0.39, 0.29) is 18.1 Å². The molecule has 1 aromatic rings. The van der Waals surface area contributed by atoms with E-state index in [1.807, 2.05) is 7.05 Å². The Bertz CT molecular complexity index is 524. The van der Waals surface area contributed by atoms with E-state index in [4.69, 9.17) is 4.74 Å². The molecule has 4 heteroatoms. The zero-order chi connectivity index (χ0) is 14.8. The quantitative estimate of drug-likeness (QED) is 0.925. The Labute approximate surface area is 126 Å². The summed E-state index contributed by atoms with van der Waals surface area (Å²) >= 11 is 0. The van der Waals surface area contributed by atoms with Crippen molar-refractivity contribution in [1.29, 1.82) is 0 Å². The maximum absolute atomic E-state index is 11.8. The molecule has 1 N–H and O–H groups in total. The number of likely N-dealkylation sites (N-methyl/N-ethyl adjacent to an activating group) is 2. The molecule has 2 unspecified atom stereocenters. The zero-order valence-corrected chi connectivity index (χ0v) is 12.9. The van der Waals surface area contributed by atoms with E-state index in [0.717, 1.165) is 30.8 Å². The summed E-state index contributed by atoms with van der Waals surface area (Å²) in [5, 5.41) is 3.56. The van der Waals surface area contributed by atoms with E-state index in [2.05, 4.69) is 30.4 Å². The Morgan fingerprint density at radius 2 is 2.29 bits per heavy atom. The molecule has 3 rings (SSSR count). The van der Waals surface area contributed by atoms with Crippen LogP contribution in [-0.2, 0) is 16.0 Å². The van der Waals surface area contributed by atoms with Gasteiger partial charge >= 0.3 is 0 Å². The number of nitrogens with one attached hydrogen (secondary N) is 1. The molecule has 114 valence electrons. The van der Waals surface area contributed by atoms with Gasteiger partial charge in [-0.1, -0.05) is 19.1 Å². The largest absolute Gasteiger partial charge is 0.376 e. The topological polar surface area (TPSA) is 41.6 Å². The monoisotopic (exact) mass is 288 g/mol. The van der Waals surface area contributed by atoms with E-state index in [9.17, 15) is 4.79 Å². The summed E-state index contributed by atoms with van der Waals surface area (Å²) in [5.74, 6) is 0.177. The van der Waals surface area contributed by atoms with Gasteiger partial charge in [0.25, 0.3) is 0 Å². The molecule has 1 aromatic carbocycles. The lowest BCUT2D eigenvalue weighted by Crippen LogP contribution is -2.36. The van der Waals surface area contributed by atoms with Crippen molar-refractivity contribution in [1.82, 2.24) is 5.32 Å². The van der Waals surface area contributed by atoms with E-state index in [0.29, 0.717) is 6.42 Å². The summed E-state index contributed by atoms with van der Waals surface area (Å²) < 4.78 is 5.97. The van der Waals surface area contributed by atoms with Crippen molar-refractivity contribution >= 4 is 11.6 Å².